The maximum Gasteiger partial charge on any atom is 0.123 e. The SMILES string of the molecule is CCN(CCC(C)(N)CO)c1ccc(F)cc1. The number of hydrogen-bond acceptors (Lipinski definition) is 3. The van der Waals surface area contributed by atoms with Crippen LogP contribution in [-0.2, 0) is 0 Å². The lowest BCUT2D eigenvalue weighted by Crippen LogP contribution is -2.43. The van der Waals surface area contributed by atoms with Crippen LogP contribution in [0.2, 0.25) is 0 Å². The van der Waals surface area contributed by atoms with Crippen LogP contribution in [0.25, 0.3) is 0 Å². The summed E-state index contributed by atoms with van der Waals surface area (Å²) in [7, 11) is 0. The average Bonchev–Trinajstić information content (AvgIpc) is 2.32. The molecular weight excluding hydrogens is 219 g/mol. The second-order valence-electron chi connectivity index (χ2n) is 4.62. The number of anilines is 1. The van der Waals surface area contributed by atoms with Gasteiger partial charge in [0.05, 0.1) is 6.61 Å². The largest absolute Gasteiger partial charge is 0.394 e. The maximum absolute atomic E-state index is 12.8. The van der Waals surface area contributed by atoms with Crippen molar-refractivity contribution in [3.8, 4) is 0 Å². The molecule has 0 amide bonds. The van der Waals surface area contributed by atoms with E-state index in [2.05, 4.69) is 4.90 Å². The Bertz CT molecular complexity index is 338. The predicted molar refractivity (Wildman–Crippen MR) is 68.6 cm³/mol. The fourth-order valence-electron chi connectivity index (χ4n) is 1.59. The Morgan fingerprint density at radius 1 is 1.35 bits per heavy atom. The van der Waals surface area contributed by atoms with Gasteiger partial charge < -0.3 is 15.7 Å². The van der Waals surface area contributed by atoms with Gasteiger partial charge in [-0.05, 0) is 44.5 Å². The number of benzene rings is 1. The van der Waals surface area contributed by atoms with Crippen molar-refractivity contribution in [2.75, 3.05) is 24.6 Å². The summed E-state index contributed by atoms with van der Waals surface area (Å²) in [5.41, 5.74) is 6.30. The fourth-order valence-corrected chi connectivity index (χ4v) is 1.59. The number of aliphatic hydroxyl groups is 1. The highest BCUT2D eigenvalue weighted by Crippen LogP contribution is 2.16. The van der Waals surface area contributed by atoms with E-state index in [4.69, 9.17) is 10.8 Å². The van der Waals surface area contributed by atoms with Gasteiger partial charge in [-0.2, -0.15) is 0 Å². The molecule has 0 bridgehead atoms. The molecule has 0 aromatic heterocycles. The van der Waals surface area contributed by atoms with E-state index >= 15 is 0 Å². The van der Waals surface area contributed by atoms with E-state index in [1.165, 1.54) is 12.1 Å². The van der Waals surface area contributed by atoms with Gasteiger partial charge in [0, 0.05) is 24.3 Å². The Morgan fingerprint density at radius 3 is 2.41 bits per heavy atom. The molecule has 4 heteroatoms. The average molecular weight is 240 g/mol. The lowest BCUT2D eigenvalue weighted by molar-refractivity contribution is 0.202. The van der Waals surface area contributed by atoms with E-state index in [1.54, 1.807) is 12.1 Å². The highest BCUT2D eigenvalue weighted by Gasteiger charge is 2.18. The van der Waals surface area contributed by atoms with Crippen molar-refractivity contribution >= 4 is 5.69 Å². The van der Waals surface area contributed by atoms with Crippen molar-refractivity contribution in [3.63, 3.8) is 0 Å². The fraction of sp³-hybridized carbons (Fsp3) is 0.538. The Labute approximate surface area is 102 Å². The van der Waals surface area contributed by atoms with Crippen LogP contribution in [-0.4, -0.2) is 30.3 Å². The molecule has 1 aromatic rings. The second-order valence-corrected chi connectivity index (χ2v) is 4.62. The van der Waals surface area contributed by atoms with Gasteiger partial charge in [0.2, 0.25) is 0 Å². The number of aliphatic hydroxyl groups excluding tert-OH is 1. The quantitative estimate of drug-likeness (QED) is 0.796. The first-order valence-electron chi connectivity index (χ1n) is 5.89. The molecular formula is C13H21FN2O. The third kappa shape index (κ3) is 4.32. The zero-order valence-corrected chi connectivity index (χ0v) is 10.5. The minimum Gasteiger partial charge on any atom is -0.394 e. The van der Waals surface area contributed by atoms with Crippen LogP contribution in [0.3, 0.4) is 0 Å². The molecule has 0 saturated heterocycles. The molecule has 0 heterocycles. The van der Waals surface area contributed by atoms with Crippen LogP contribution in [0.1, 0.15) is 20.3 Å². The molecule has 3 N–H and O–H groups in total. The zero-order chi connectivity index (χ0) is 12.9. The standard InChI is InChI=1S/C13H21FN2O/c1-3-16(9-8-13(2,15)10-17)12-6-4-11(14)5-7-12/h4-7,17H,3,8-10,15H2,1-2H3. The normalized spacial score (nSPS) is 14.4. The van der Waals surface area contributed by atoms with Gasteiger partial charge in [-0.15, -0.1) is 0 Å². The van der Waals surface area contributed by atoms with Crippen molar-refractivity contribution in [3.05, 3.63) is 30.1 Å². The Hall–Kier alpha value is -1.13. The van der Waals surface area contributed by atoms with Gasteiger partial charge in [-0.1, -0.05) is 0 Å². The van der Waals surface area contributed by atoms with Gasteiger partial charge in [0.15, 0.2) is 0 Å². The summed E-state index contributed by atoms with van der Waals surface area (Å²) in [5.74, 6) is -0.233. The number of halogens is 1. The molecule has 0 aliphatic rings. The summed E-state index contributed by atoms with van der Waals surface area (Å²) in [5, 5.41) is 9.09. The van der Waals surface area contributed by atoms with E-state index in [0.717, 1.165) is 18.8 Å². The van der Waals surface area contributed by atoms with Crippen molar-refractivity contribution in [2.45, 2.75) is 25.8 Å². The molecule has 17 heavy (non-hydrogen) atoms. The van der Waals surface area contributed by atoms with Crippen molar-refractivity contribution in [2.24, 2.45) is 5.73 Å². The summed E-state index contributed by atoms with van der Waals surface area (Å²) in [6, 6.07) is 6.41. The van der Waals surface area contributed by atoms with Gasteiger partial charge in [0.1, 0.15) is 5.82 Å². The maximum atomic E-state index is 12.8. The van der Waals surface area contributed by atoms with Crippen molar-refractivity contribution in [1.29, 1.82) is 0 Å². The summed E-state index contributed by atoms with van der Waals surface area (Å²) in [6.07, 6.45) is 0.689. The molecule has 0 aliphatic heterocycles. The lowest BCUT2D eigenvalue weighted by Gasteiger charge is -2.28. The van der Waals surface area contributed by atoms with Crippen LogP contribution in [0.15, 0.2) is 24.3 Å². The molecule has 96 valence electrons. The van der Waals surface area contributed by atoms with Gasteiger partial charge in [-0.3, -0.25) is 0 Å². The first-order valence-corrected chi connectivity index (χ1v) is 5.89. The molecule has 3 nitrogen and oxygen atoms in total. The third-order valence-corrected chi connectivity index (χ3v) is 2.89. The van der Waals surface area contributed by atoms with E-state index in [0.29, 0.717) is 6.42 Å². The van der Waals surface area contributed by atoms with E-state index in [-0.39, 0.29) is 12.4 Å². The first kappa shape index (κ1) is 13.9. The van der Waals surface area contributed by atoms with Gasteiger partial charge >= 0.3 is 0 Å². The lowest BCUT2D eigenvalue weighted by atomic mass is 10.0. The summed E-state index contributed by atoms with van der Waals surface area (Å²) in [6.45, 7) is 5.40. The van der Waals surface area contributed by atoms with Crippen LogP contribution < -0.4 is 10.6 Å². The van der Waals surface area contributed by atoms with Crippen LogP contribution in [0.5, 0.6) is 0 Å². The highest BCUT2D eigenvalue weighted by molar-refractivity contribution is 5.46. The minimum absolute atomic E-state index is 0.0338. The molecule has 0 fully saturated rings. The number of hydrogen-bond donors (Lipinski definition) is 2. The third-order valence-electron chi connectivity index (χ3n) is 2.89. The topological polar surface area (TPSA) is 49.5 Å². The second kappa shape index (κ2) is 5.98. The minimum atomic E-state index is -0.562. The van der Waals surface area contributed by atoms with Crippen LogP contribution >= 0.6 is 0 Å². The smallest absolute Gasteiger partial charge is 0.123 e. The summed E-state index contributed by atoms with van der Waals surface area (Å²) in [4.78, 5) is 2.11. The van der Waals surface area contributed by atoms with Crippen LogP contribution in [0.4, 0.5) is 10.1 Å². The molecule has 0 radical (unpaired) electrons. The number of nitrogens with zero attached hydrogens (tertiary/aromatic N) is 1. The molecule has 1 rings (SSSR count). The van der Waals surface area contributed by atoms with Gasteiger partial charge in [-0.25, -0.2) is 4.39 Å². The van der Waals surface area contributed by atoms with Gasteiger partial charge in [0.25, 0.3) is 0 Å². The molecule has 0 saturated carbocycles. The predicted octanol–water partition coefficient (Wildman–Crippen LogP) is 1.75. The summed E-state index contributed by atoms with van der Waals surface area (Å²) < 4.78 is 12.8. The number of nitrogens with two attached hydrogens (primary N) is 1. The Morgan fingerprint density at radius 2 is 1.94 bits per heavy atom. The molecule has 1 atom stereocenters. The van der Waals surface area contributed by atoms with Crippen molar-refractivity contribution in [1.82, 2.24) is 0 Å². The Balaban J connectivity index is 2.63. The van der Waals surface area contributed by atoms with E-state index < -0.39 is 5.54 Å². The Kier molecular flexibility index (Phi) is 4.90. The highest BCUT2D eigenvalue weighted by atomic mass is 19.1. The number of rotatable bonds is 6. The zero-order valence-electron chi connectivity index (χ0n) is 10.5. The summed E-state index contributed by atoms with van der Waals surface area (Å²) >= 11 is 0. The first-order chi connectivity index (χ1) is 7.98. The van der Waals surface area contributed by atoms with Crippen molar-refractivity contribution < 1.29 is 9.50 Å². The molecule has 0 aliphatic carbocycles. The molecule has 1 unspecified atom stereocenters. The van der Waals surface area contributed by atoms with E-state index in [1.807, 2.05) is 13.8 Å². The van der Waals surface area contributed by atoms with Crippen LogP contribution in [0, 0.1) is 5.82 Å². The molecule has 1 aromatic carbocycles. The molecule has 0 spiro atoms. The van der Waals surface area contributed by atoms with E-state index in [9.17, 15) is 4.39 Å². The monoisotopic (exact) mass is 240 g/mol.